The van der Waals surface area contributed by atoms with Gasteiger partial charge in [-0.05, 0) is 89.1 Å². The van der Waals surface area contributed by atoms with Gasteiger partial charge < -0.3 is 9.97 Å². The summed E-state index contributed by atoms with van der Waals surface area (Å²) in [5, 5.41) is 7.08. The average Bonchev–Trinajstić information content (AvgIpc) is 3.84. The fourth-order valence-corrected chi connectivity index (χ4v) is 8.07. The first kappa shape index (κ1) is 33.2. The van der Waals surface area contributed by atoms with Gasteiger partial charge in [0.05, 0.1) is 22.8 Å². The van der Waals surface area contributed by atoms with Crippen molar-refractivity contribution in [3.63, 3.8) is 0 Å². The predicted octanol–water partition coefficient (Wildman–Crippen LogP) is 12.1. The fraction of sp³-hybridized carbons (Fsp3) is 0.217. The van der Waals surface area contributed by atoms with Crippen molar-refractivity contribution in [3.05, 3.63) is 120 Å². The van der Waals surface area contributed by atoms with Crippen LogP contribution in [0, 0.1) is 6.92 Å². The van der Waals surface area contributed by atoms with Crippen LogP contribution in [0.1, 0.15) is 75.4 Å². The predicted molar refractivity (Wildman–Crippen MR) is 211 cm³/mol. The summed E-state index contributed by atoms with van der Waals surface area (Å²) in [4.78, 5) is 21.5. The first-order valence-electron chi connectivity index (χ1n) is 18.2. The Morgan fingerprint density at radius 2 is 1.18 bits per heavy atom. The summed E-state index contributed by atoms with van der Waals surface area (Å²) in [5.41, 5.74) is 15.2. The van der Waals surface area contributed by atoms with E-state index in [4.69, 9.17) is 19.9 Å². The van der Waals surface area contributed by atoms with Crippen LogP contribution in [0.15, 0.2) is 97.1 Å². The van der Waals surface area contributed by atoms with E-state index >= 15 is 0 Å². The number of hydrogen-bond acceptors (Lipinski definition) is 2. The largest absolute Gasteiger partial charge is 2.00 e. The Morgan fingerprint density at radius 1 is 0.549 bits per heavy atom. The van der Waals surface area contributed by atoms with E-state index < -0.39 is 0 Å². The standard InChI is InChI=1S/C46H40N4.Cu/c1-5-7-15-31-27(3)37-23-41-35-21-19-29-13-9-11-17-33(29)45(35)43(49-41)26-44-46-34-18-12-10-14-30(34)20-22-36(46)42(50-44)24-38-28(4)32(16-8-6-2)40(48-38)25-39(31)47-37;/h9-14,17-26H,5-8,15-16H2,1-4H3;/q-2;+2. The molecule has 4 nitrogen and oxygen atoms in total. The monoisotopic (exact) mass is 711 g/mol. The molecule has 0 amide bonds. The Balaban J connectivity index is 0.00000374. The van der Waals surface area contributed by atoms with Gasteiger partial charge in [-0.25, -0.2) is 9.97 Å². The van der Waals surface area contributed by atoms with Gasteiger partial charge in [0.15, 0.2) is 0 Å². The van der Waals surface area contributed by atoms with Crippen LogP contribution < -0.4 is 9.97 Å². The first-order chi connectivity index (χ1) is 24.5. The third-order valence-corrected chi connectivity index (χ3v) is 10.8. The van der Waals surface area contributed by atoms with Gasteiger partial charge in [0.2, 0.25) is 0 Å². The van der Waals surface area contributed by atoms with Crippen LogP contribution in [0.3, 0.4) is 0 Å². The molecule has 2 aliphatic heterocycles. The molecule has 8 bridgehead atoms. The molecule has 0 unspecified atom stereocenters. The van der Waals surface area contributed by atoms with E-state index in [0.717, 1.165) is 105 Å². The van der Waals surface area contributed by atoms with Crippen molar-refractivity contribution in [2.24, 2.45) is 0 Å². The van der Waals surface area contributed by atoms with E-state index in [1.54, 1.807) is 0 Å². The molecule has 4 aromatic carbocycles. The maximum atomic E-state index is 5.41. The minimum Gasteiger partial charge on any atom is -0.657 e. The van der Waals surface area contributed by atoms with E-state index in [0.29, 0.717) is 0 Å². The van der Waals surface area contributed by atoms with Crippen LogP contribution in [0.4, 0.5) is 0 Å². The number of fused-ring (bicyclic) bond motifs is 18. The molecular formula is C46H40CuN4. The summed E-state index contributed by atoms with van der Waals surface area (Å²) < 4.78 is 0. The van der Waals surface area contributed by atoms with Gasteiger partial charge in [0.1, 0.15) is 0 Å². The zero-order chi connectivity index (χ0) is 33.9. The second-order valence-electron chi connectivity index (χ2n) is 13.9. The fourth-order valence-electron chi connectivity index (χ4n) is 8.07. The third kappa shape index (κ3) is 5.51. The van der Waals surface area contributed by atoms with E-state index in [1.807, 2.05) is 0 Å². The molecule has 7 aromatic rings. The van der Waals surface area contributed by atoms with Gasteiger partial charge in [-0.2, -0.15) is 0 Å². The van der Waals surface area contributed by atoms with Crippen LogP contribution in [0.2, 0.25) is 0 Å². The van der Waals surface area contributed by atoms with Crippen molar-refractivity contribution < 1.29 is 17.1 Å². The van der Waals surface area contributed by atoms with Crippen molar-refractivity contribution in [1.29, 1.82) is 0 Å². The minimum atomic E-state index is 0. The zero-order valence-corrected chi connectivity index (χ0v) is 30.5. The second kappa shape index (κ2) is 13.3. The maximum absolute atomic E-state index is 5.41. The van der Waals surface area contributed by atoms with Gasteiger partial charge in [-0.15, -0.1) is 22.1 Å². The molecule has 5 heteroatoms. The maximum Gasteiger partial charge on any atom is 2.00 e. The first-order valence-corrected chi connectivity index (χ1v) is 18.2. The van der Waals surface area contributed by atoms with Crippen molar-refractivity contribution in [2.75, 3.05) is 0 Å². The normalized spacial score (nSPS) is 12.5. The Kier molecular flexibility index (Phi) is 8.66. The Hall–Kier alpha value is -4.96. The van der Waals surface area contributed by atoms with Crippen LogP contribution in [-0.2, 0) is 23.5 Å². The Morgan fingerprint density at radius 3 is 1.98 bits per heavy atom. The van der Waals surface area contributed by atoms with Gasteiger partial charge in [-0.3, -0.25) is 0 Å². The summed E-state index contributed by atoms with van der Waals surface area (Å²) in [5.74, 6) is 0. The smallest absolute Gasteiger partial charge is 0.657 e. The van der Waals surface area contributed by atoms with E-state index in [9.17, 15) is 0 Å². The molecule has 51 heavy (non-hydrogen) atoms. The van der Waals surface area contributed by atoms with Gasteiger partial charge in [0, 0.05) is 11.1 Å². The summed E-state index contributed by atoms with van der Waals surface area (Å²) in [7, 11) is 0. The third-order valence-electron chi connectivity index (χ3n) is 10.8. The van der Waals surface area contributed by atoms with E-state index in [1.165, 1.54) is 43.8 Å². The Bertz CT molecular complexity index is 2710. The number of unbranched alkanes of at least 4 members (excludes halogenated alkanes) is 2. The van der Waals surface area contributed by atoms with Crippen LogP contribution in [0.25, 0.3) is 88.0 Å². The van der Waals surface area contributed by atoms with E-state index in [2.05, 4.69) is 125 Å². The number of nitrogens with zero attached hydrogens (tertiary/aromatic N) is 4. The molecule has 5 heterocycles. The molecule has 0 fully saturated rings. The quantitative estimate of drug-likeness (QED) is 0.161. The zero-order valence-electron chi connectivity index (χ0n) is 29.6. The van der Waals surface area contributed by atoms with Crippen molar-refractivity contribution >= 4 is 65.5 Å². The summed E-state index contributed by atoms with van der Waals surface area (Å²) in [6, 6.07) is 35.0. The molecule has 255 valence electrons. The Labute approximate surface area is 309 Å². The topological polar surface area (TPSA) is 54.0 Å². The van der Waals surface area contributed by atoms with Crippen LogP contribution in [0.5, 0.6) is 0 Å². The van der Waals surface area contributed by atoms with Crippen molar-refractivity contribution in [2.45, 2.75) is 66.2 Å². The number of aromatic nitrogens is 4. The molecule has 0 N–H and O–H groups in total. The molecule has 9 rings (SSSR count). The molecule has 1 radical (unpaired) electrons. The second-order valence-corrected chi connectivity index (χ2v) is 13.9. The molecular weight excluding hydrogens is 672 g/mol. The van der Waals surface area contributed by atoms with Gasteiger partial charge in [0.25, 0.3) is 0 Å². The molecule has 0 saturated carbocycles. The SMILES string of the molecule is CCCCC1=C(C)c2cc3[n-]c(cc4nc(cc5[n-]c(cc1n2)c(CCCC)c5C)-c1ccc2ccccc2c1-4)c1c2ccccc2ccc31.[Cu+2]. The number of benzene rings is 4. The van der Waals surface area contributed by atoms with Crippen LogP contribution >= 0.6 is 0 Å². The molecule has 0 atom stereocenters. The molecule has 0 aliphatic carbocycles. The number of aryl methyl sites for hydroxylation is 2. The van der Waals surface area contributed by atoms with Gasteiger partial charge >= 0.3 is 17.1 Å². The number of hydrogen-bond donors (Lipinski definition) is 0. The summed E-state index contributed by atoms with van der Waals surface area (Å²) in [6.45, 7) is 8.98. The summed E-state index contributed by atoms with van der Waals surface area (Å²) >= 11 is 0. The van der Waals surface area contributed by atoms with Gasteiger partial charge in [-0.1, -0.05) is 129 Å². The number of rotatable bonds is 6. The molecule has 3 aromatic heterocycles. The minimum absolute atomic E-state index is 0. The molecule has 2 aliphatic rings. The average molecular weight is 712 g/mol. The summed E-state index contributed by atoms with van der Waals surface area (Å²) in [6.07, 6.45) is 6.51. The molecule has 0 spiro atoms. The van der Waals surface area contributed by atoms with E-state index in [-0.39, 0.29) is 17.1 Å². The van der Waals surface area contributed by atoms with Crippen LogP contribution in [-0.4, -0.2) is 9.97 Å². The molecule has 0 saturated heterocycles. The number of allylic oxidation sites excluding steroid dienone is 2. The van der Waals surface area contributed by atoms with Crippen molar-refractivity contribution in [1.82, 2.24) is 19.9 Å². The van der Waals surface area contributed by atoms with Crippen molar-refractivity contribution in [3.8, 4) is 22.5 Å².